The van der Waals surface area contributed by atoms with Gasteiger partial charge in [0.05, 0.1) is 5.69 Å². The van der Waals surface area contributed by atoms with Crippen LogP contribution in [0, 0.1) is 6.92 Å². The SMILES string of the molecule is Cc1ccc(N2C(=O)C(=O)N(C(C)C)C2=NC(C)C)cc1. The summed E-state index contributed by atoms with van der Waals surface area (Å²) in [5, 5.41) is 0. The standard InChI is InChI=1S/C16H21N3O2/c1-10(2)17-16-18(11(3)4)14(20)15(21)19(16)13-8-6-12(5)7-9-13/h6-11H,1-5H3. The topological polar surface area (TPSA) is 53.0 Å². The van der Waals surface area contributed by atoms with Gasteiger partial charge in [-0.2, -0.15) is 0 Å². The van der Waals surface area contributed by atoms with Crippen molar-refractivity contribution in [3.05, 3.63) is 29.8 Å². The van der Waals surface area contributed by atoms with Crippen molar-refractivity contribution in [3.63, 3.8) is 0 Å². The van der Waals surface area contributed by atoms with Crippen LogP contribution in [0.2, 0.25) is 0 Å². The minimum Gasteiger partial charge on any atom is -0.271 e. The lowest BCUT2D eigenvalue weighted by molar-refractivity contribution is -0.139. The average molecular weight is 287 g/mol. The number of carbonyl (C=O) groups is 2. The van der Waals surface area contributed by atoms with Crippen LogP contribution in [0.1, 0.15) is 33.3 Å². The van der Waals surface area contributed by atoms with Crippen molar-refractivity contribution in [2.75, 3.05) is 4.90 Å². The second kappa shape index (κ2) is 5.68. The molecule has 0 saturated carbocycles. The molecule has 21 heavy (non-hydrogen) atoms. The highest BCUT2D eigenvalue weighted by atomic mass is 16.2. The first kappa shape index (κ1) is 15.2. The van der Waals surface area contributed by atoms with Gasteiger partial charge in [-0.1, -0.05) is 17.7 Å². The van der Waals surface area contributed by atoms with Gasteiger partial charge in [-0.15, -0.1) is 0 Å². The van der Waals surface area contributed by atoms with Gasteiger partial charge in [-0.25, -0.2) is 9.89 Å². The summed E-state index contributed by atoms with van der Waals surface area (Å²) >= 11 is 0. The van der Waals surface area contributed by atoms with E-state index in [4.69, 9.17) is 0 Å². The van der Waals surface area contributed by atoms with Crippen LogP contribution in [0.5, 0.6) is 0 Å². The molecule has 1 heterocycles. The Morgan fingerprint density at radius 1 is 0.952 bits per heavy atom. The Morgan fingerprint density at radius 3 is 2.00 bits per heavy atom. The van der Waals surface area contributed by atoms with Crippen molar-refractivity contribution in [2.24, 2.45) is 4.99 Å². The molecule has 5 nitrogen and oxygen atoms in total. The Balaban J connectivity index is 2.53. The van der Waals surface area contributed by atoms with Gasteiger partial charge < -0.3 is 0 Å². The molecule has 1 aliphatic heterocycles. The third-order valence-corrected chi connectivity index (χ3v) is 3.20. The lowest BCUT2D eigenvalue weighted by atomic mass is 10.2. The second-order valence-corrected chi connectivity index (χ2v) is 5.77. The van der Waals surface area contributed by atoms with Crippen LogP contribution in [0.15, 0.2) is 29.3 Å². The van der Waals surface area contributed by atoms with Gasteiger partial charge in [0.2, 0.25) is 5.96 Å². The fourth-order valence-corrected chi connectivity index (χ4v) is 2.23. The average Bonchev–Trinajstić information content (AvgIpc) is 2.62. The molecule has 0 N–H and O–H groups in total. The molecule has 0 atom stereocenters. The summed E-state index contributed by atoms with van der Waals surface area (Å²) in [6, 6.07) is 7.37. The molecular weight excluding hydrogens is 266 g/mol. The molecular formula is C16H21N3O2. The van der Waals surface area contributed by atoms with Crippen LogP contribution >= 0.6 is 0 Å². The summed E-state index contributed by atoms with van der Waals surface area (Å²) in [6.07, 6.45) is 0. The maximum atomic E-state index is 12.4. The van der Waals surface area contributed by atoms with Crippen LogP contribution in [-0.2, 0) is 9.59 Å². The van der Waals surface area contributed by atoms with E-state index in [0.29, 0.717) is 11.6 Å². The minimum atomic E-state index is -0.549. The van der Waals surface area contributed by atoms with Gasteiger partial charge in [0.1, 0.15) is 0 Å². The predicted molar refractivity (Wildman–Crippen MR) is 83.2 cm³/mol. The Morgan fingerprint density at radius 2 is 1.52 bits per heavy atom. The number of guanidine groups is 1. The predicted octanol–water partition coefficient (Wildman–Crippen LogP) is 2.34. The molecule has 1 fully saturated rings. The first-order chi connectivity index (χ1) is 9.82. The van der Waals surface area contributed by atoms with Crippen molar-refractivity contribution in [3.8, 4) is 0 Å². The third-order valence-electron chi connectivity index (χ3n) is 3.20. The molecule has 1 aromatic carbocycles. The molecule has 2 amide bonds. The van der Waals surface area contributed by atoms with Crippen molar-refractivity contribution >= 4 is 23.5 Å². The van der Waals surface area contributed by atoms with Gasteiger partial charge in [-0.3, -0.25) is 14.5 Å². The van der Waals surface area contributed by atoms with E-state index < -0.39 is 11.8 Å². The molecule has 2 rings (SSSR count). The fourth-order valence-electron chi connectivity index (χ4n) is 2.23. The number of hydrogen-bond donors (Lipinski definition) is 0. The zero-order valence-corrected chi connectivity index (χ0v) is 13.1. The first-order valence-electron chi connectivity index (χ1n) is 7.15. The van der Waals surface area contributed by atoms with E-state index in [1.807, 2.05) is 58.9 Å². The number of nitrogens with zero attached hydrogens (tertiary/aromatic N) is 3. The first-order valence-corrected chi connectivity index (χ1v) is 7.15. The zero-order chi connectivity index (χ0) is 15.7. The van der Waals surface area contributed by atoms with Crippen LogP contribution in [0.25, 0.3) is 0 Å². The smallest absolute Gasteiger partial charge is 0.271 e. The summed E-state index contributed by atoms with van der Waals surface area (Å²) in [7, 11) is 0. The zero-order valence-electron chi connectivity index (χ0n) is 13.1. The van der Waals surface area contributed by atoms with E-state index in [1.165, 1.54) is 9.80 Å². The highest BCUT2D eigenvalue weighted by Crippen LogP contribution is 2.24. The molecule has 0 unspecified atom stereocenters. The molecule has 1 aromatic rings. The van der Waals surface area contributed by atoms with Crippen molar-refractivity contribution in [1.29, 1.82) is 0 Å². The van der Waals surface area contributed by atoms with Crippen LogP contribution in [0.3, 0.4) is 0 Å². The normalized spacial score (nSPS) is 17.8. The van der Waals surface area contributed by atoms with Gasteiger partial charge in [0.15, 0.2) is 0 Å². The molecule has 0 spiro atoms. The fraction of sp³-hybridized carbons (Fsp3) is 0.438. The minimum absolute atomic E-state index is 0.00658. The van der Waals surface area contributed by atoms with Crippen LogP contribution < -0.4 is 4.90 Å². The van der Waals surface area contributed by atoms with E-state index >= 15 is 0 Å². The second-order valence-electron chi connectivity index (χ2n) is 5.77. The molecule has 1 saturated heterocycles. The van der Waals surface area contributed by atoms with E-state index in [0.717, 1.165) is 5.56 Å². The quantitative estimate of drug-likeness (QED) is 0.801. The van der Waals surface area contributed by atoms with Crippen LogP contribution in [-0.4, -0.2) is 34.8 Å². The number of hydrogen-bond acceptors (Lipinski definition) is 3. The Labute approximate surface area is 125 Å². The third kappa shape index (κ3) is 2.82. The van der Waals surface area contributed by atoms with Gasteiger partial charge in [-0.05, 0) is 46.8 Å². The number of aryl methyl sites for hydroxylation is 1. The number of anilines is 1. The van der Waals surface area contributed by atoms with E-state index in [-0.39, 0.29) is 12.1 Å². The summed E-state index contributed by atoms with van der Waals surface area (Å²) in [6.45, 7) is 9.57. The largest absolute Gasteiger partial charge is 0.323 e. The highest BCUT2D eigenvalue weighted by Gasteiger charge is 2.44. The molecule has 112 valence electrons. The number of carbonyl (C=O) groups excluding carboxylic acids is 2. The molecule has 0 bridgehead atoms. The molecule has 0 aliphatic carbocycles. The summed E-state index contributed by atoms with van der Waals surface area (Å²) in [5.41, 5.74) is 1.77. The van der Waals surface area contributed by atoms with Crippen molar-refractivity contribution in [1.82, 2.24) is 4.90 Å². The maximum absolute atomic E-state index is 12.4. The summed E-state index contributed by atoms with van der Waals surface area (Å²) < 4.78 is 0. The highest BCUT2D eigenvalue weighted by molar-refractivity contribution is 6.53. The Hall–Kier alpha value is -2.17. The summed E-state index contributed by atoms with van der Waals surface area (Å²) in [5.74, 6) is -0.657. The lowest BCUT2D eigenvalue weighted by Crippen LogP contribution is -2.40. The number of aliphatic imine (C=N–C) groups is 1. The van der Waals surface area contributed by atoms with Crippen molar-refractivity contribution < 1.29 is 9.59 Å². The molecule has 0 radical (unpaired) electrons. The van der Waals surface area contributed by atoms with E-state index in [9.17, 15) is 9.59 Å². The number of amides is 2. The lowest BCUT2D eigenvalue weighted by Gasteiger charge is -2.23. The van der Waals surface area contributed by atoms with Crippen molar-refractivity contribution in [2.45, 2.75) is 46.7 Å². The number of rotatable bonds is 3. The Bertz CT molecular complexity index is 588. The maximum Gasteiger partial charge on any atom is 0.323 e. The Kier molecular flexibility index (Phi) is 4.11. The van der Waals surface area contributed by atoms with Gasteiger partial charge in [0.25, 0.3) is 0 Å². The monoisotopic (exact) mass is 287 g/mol. The molecule has 0 aromatic heterocycles. The van der Waals surface area contributed by atoms with Gasteiger partial charge in [0, 0.05) is 12.1 Å². The van der Waals surface area contributed by atoms with E-state index in [1.54, 1.807) is 0 Å². The molecule has 5 heteroatoms. The summed E-state index contributed by atoms with van der Waals surface area (Å²) in [4.78, 5) is 31.9. The van der Waals surface area contributed by atoms with E-state index in [2.05, 4.69) is 4.99 Å². The number of benzene rings is 1. The molecule has 1 aliphatic rings. The van der Waals surface area contributed by atoms with Crippen LogP contribution in [0.4, 0.5) is 5.69 Å². The van der Waals surface area contributed by atoms with Gasteiger partial charge >= 0.3 is 11.8 Å².